The van der Waals surface area contributed by atoms with Gasteiger partial charge in [-0.05, 0) is 6.07 Å². The SMILES string of the molecule is O=C(O)Oc1nccc(Cl)c1C(F)(F)F. The molecule has 0 unspecified atom stereocenters. The minimum atomic E-state index is -4.82. The molecule has 0 aromatic carbocycles. The van der Waals surface area contributed by atoms with Crippen LogP contribution in [0.15, 0.2) is 12.3 Å². The molecular weight excluding hydrogens is 239 g/mol. The summed E-state index contributed by atoms with van der Waals surface area (Å²) in [6, 6.07) is 0.888. The Hall–Kier alpha value is -1.50. The molecule has 0 radical (unpaired) electrons. The number of alkyl halides is 3. The van der Waals surface area contributed by atoms with Gasteiger partial charge in [0.05, 0.1) is 5.02 Å². The second-order valence-electron chi connectivity index (χ2n) is 2.34. The van der Waals surface area contributed by atoms with Crippen LogP contribution >= 0.6 is 11.6 Å². The molecule has 1 rings (SSSR count). The summed E-state index contributed by atoms with van der Waals surface area (Å²) in [4.78, 5) is 13.2. The van der Waals surface area contributed by atoms with Gasteiger partial charge in [0.2, 0.25) is 5.88 Å². The Labute approximate surface area is 86.3 Å². The Morgan fingerprint density at radius 2 is 2.13 bits per heavy atom. The Morgan fingerprint density at radius 3 is 2.60 bits per heavy atom. The lowest BCUT2D eigenvalue weighted by atomic mass is 10.2. The third-order valence-electron chi connectivity index (χ3n) is 1.33. The molecule has 0 spiro atoms. The van der Waals surface area contributed by atoms with Gasteiger partial charge in [0, 0.05) is 6.20 Å². The quantitative estimate of drug-likeness (QED) is 0.768. The summed E-state index contributed by atoms with van der Waals surface area (Å²) in [7, 11) is 0. The summed E-state index contributed by atoms with van der Waals surface area (Å²) in [5.41, 5.74) is -1.41. The highest BCUT2D eigenvalue weighted by Gasteiger charge is 2.38. The van der Waals surface area contributed by atoms with Crippen molar-refractivity contribution in [3.63, 3.8) is 0 Å². The van der Waals surface area contributed by atoms with E-state index in [9.17, 15) is 18.0 Å². The molecule has 0 saturated heterocycles. The zero-order valence-corrected chi connectivity index (χ0v) is 7.63. The van der Waals surface area contributed by atoms with Crippen molar-refractivity contribution in [2.75, 3.05) is 0 Å². The highest BCUT2D eigenvalue weighted by atomic mass is 35.5. The normalized spacial score (nSPS) is 11.2. The molecule has 0 amide bonds. The largest absolute Gasteiger partial charge is 0.512 e. The number of rotatable bonds is 1. The minimum Gasteiger partial charge on any atom is -0.449 e. The predicted molar refractivity (Wildman–Crippen MR) is 42.9 cm³/mol. The van der Waals surface area contributed by atoms with Gasteiger partial charge in [-0.25, -0.2) is 9.78 Å². The van der Waals surface area contributed by atoms with Crippen LogP contribution in [0.4, 0.5) is 18.0 Å². The van der Waals surface area contributed by atoms with Gasteiger partial charge in [-0.15, -0.1) is 0 Å². The van der Waals surface area contributed by atoms with E-state index in [-0.39, 0.29) is 0 Å². The maximum absolute atomic E-state index is 12.4. The average molecular weight is 242 g/mol. The van der Waals surface area contributed by atoms with Gasteiger partial charge in [0.25, 0.3) is 0 Å². The van der Waals surface area contributed by atoms with Gasteiger partial charge in [-0.3, -0.25) is 0 Å². The Morgan fingerprint density at radius 1 is 1.53 bits per heavy atom. The number of nitrogens with zero attached hydrogens (tertiary/aromatic N) is 1. The number of hydrogen-bond donors (Lipinski definition) is 1. The number of hydrogen-bond acceptors (Lipinski definition) is 3. The van der Waals surface area contributed by atoms with E-state index < -0.39 is 28.8 Å². The number of carbonyl (C=O) groups is 1. The summed E-state index contributed by atoms with van der Waals surface area (Å²) in [6.45, 7) is 0. The first-order valence-electron chi connectivity index (χ1n) is 3.45. The van der Waals surface area contributed by atoms with Gasteiger partial charge < -0.3 is 9.84 Å². The van der Waals surface area contributed by atoms with E-state index in [2.05, 4.69) is 9.72 Å². The van der Waals surface area contributed by atoms with E-state index in [1.54, 1.807) is 0 Å². The number of ether oxygens (including phenoxy) is 1. The molecule has 1 aromatic rings. The molecule has 0 bridgehead atoms. The standard InChI is InChI=1S/C7H3ClF3NO3/c8-3-1-2-12-5(15-6(13)14)4(3)7(9,10)11/h1-2H,(H,13,14). The number of halogens is 4. The van der Waals surface area contributed by atoms with Crippen LogP contribution in [0.3, 0.4) is 0 Å². The molecule has 0 saturated carbocycles. The molecule has 0 atom stereocenters. The van der Waals surface area contributed by atoms with Crippen molar-refractivity contribution >= 4 is 17.8 Å². The molecule has 0 aliphatic rings. The molecule has 82 valence electrons. The van der Waals surface area contributed by atoms with Crippen molar-refractivity contribution < 1.29 is 27.8 Å². The summed E-state index contributed by atoms with van der Waals surface area (Å²) in [5.74, 6) is -1.08. The minimum absolute atomic E-state index is 0.672. The van der Waals surface area contributed by atoms with E-state index in [1.165, 1.54) is 0 Å². The third-order valence-corrected chi connectivity index (χ3v) is 1.65. The molecule has 1 heterocycles. The Bertz CT molecular complexity index is 394. The second kappa shape index (κ2) is 3.93. The van der Waals surface area contributed by atoms with Crippen LogP contribution in [0.5, 0.6) is 5.88 Å². The van der Waals surface area contributed by atoms with E-state index >= 15 is 0 Å². The lowest BCUT2D eigenvalue weighted by Gasteiger charge is -2.11. The van der Waals surface area contributed by atoms with Gasteiger partial charge in [-0.2, -0.15) is 13.2 Å². The topological polar surface area (TPSA) is 59.4 Å². The van der Waals surface area contributed by atoms with Gasteiger partial charge in [0.15, 0.2) is 0 Å². The lowest BCUT2D eigenvalue weighted by Crippen LogP contribution is -2.13. The van der Waals surface area contributed by atoms with E-state index in [0.717, 1.165) is 12.3 Å². The second-order valence-corrected chi connectivity index (χ2v) is 2.75. The smallest absolute Gasteiger partial charge is 0.449 e. The zero-order chi connectivity index (χ0) is 11.6. The molecule has 4 nitrogen and oxygen atoms in total. The van der Waals surface area contributed by atoms with Gasteiger partial charge in [-0.1, -0.05) is 11.6 Å². The molecule has 8 heteroatoms. The molecule has 1 aromatic heterocycles. The number of aromatic nitrogens is 1. The Kier molecular flexibility index (Phi) is 3.04. The summed E-state index contributed by atoms with van der Waals surface area (Å²) >= 11 is 5.26. The van der Waals surface area contributed by atoms with Crippen molar-refractivity contribution in [3.05, 3.63) is 22.8 Å². The van der Waals surface area contributed by atoms with Crippen LogP contribution in [-0.4, -0.2) is 16.2 Å². The highest BCUT2D eigenvalue weighted by molar-refractivity contribution is 6.31. The fraction of sp³-hybridized carbons (Fsp3) is 0.143. The van der Waals surface area contributed by atoms with Crippen LogP contribution < -0.4 is 4.74 Å². The summed E-state index contributed by atoms with van der Waals surface area (Å²) in [5, 5.41) is 7.50. The van der Waals surface area contributed by atoms with E-state index in [0.29, 0.717) is 0 Å². The van der Waals surface area contributed by atoms with Crippen LogP contribution in [-0.2, 0) is 6.18 Å². The molecule has 15 heavy (non-hydrogen) atoms. The predicted octanol–water partition coefficient (Wildman–Crippen LogP) is 2.81. The fourth-order valence-corrected chi connectivity index (χ4v) is 1.08. The van der Waals surface area contributed by atoms with Crippen molar-refractivity contribution in [2.45, 2.75) is 6.18 Å². The summed E-state index contributed by atoms with van der Waals surface area (Å²) in [6.07, 6.45) is -5.80. The van der Waals surface area contributed by atoms with Crippen molar-refractivity contribution in [2.24, 2.45) is 0 Å². The average Bonchev–Trinajstić information content (AvgIpc) is 1.99. The molecule has 1 N–H and O–H groups in total. The maximum atomic E-state index is 12.4. The van der Waals surface area contributed by atoms with Gasteiger partial charge in [0.1, 0.15) is 5.56 Å². The zero-order valence-electron chi connectivity index (χ0n) is 6.88. The van der Waals surface area contributed by atoms with Crippen LogP contribution in [0.2, 0.25) is 5.02 Å². The van der Waals surface area contributed by atoms with Crippen molar-refractivity contribution in [1.82, 2.24) is 4.98 Å². The Balaban J connectivity index is 3.27. The third kappa shape index (κ3) is 2.72. The molecule has 0 fully saturated rings. The first-order chi connectivity index (χ1) is 6.82. The number of pyridine rings is 1. The lowest BCUT2D eigenvalue weighted by molar-refractivity contribution is -0.138. The number of carboxylic acid groups (broad SMARTS) is 1. The highest BCUT2D eigenvalue weighted by Crippen LogP contribution is 2.39. The van der Waals surface area contributed by atoms with E-state index in [1.807, 2.05) is 0 Å². The maximum Gasteiger partial charge on any atom is 0.512 e. The molecule has 0 aliphatic heterocycles. The van der Waals surface area contributed by atoms with Crippen molar-refractivity contribution in [3.8, 4) is 5.88 Å². The van der Waals surface area contributed by atoms with Crippen LogP contribution in [0, 0.1) is 0 Å². The summed E-state index contributed by atoms with van der Waals surface area (Å²) < 4.78 is 40.9. The van der Waals surface area contributed by atoms with Crippen LogP contribution in [0.1, 0.15) is 5.56 Å². The van der Waals surface area contributed by atoms with E-state index in [4.69, 9.17) is 16.7 Å². The monoisotopic (exact) mass is 241 g/mol. The molecular formula is C7H3ClF3NO3. The first kappa shape index (κ1) is 11.6. The molecule has 0 aliphatic carbocycles. The van der Waals surface area contributed by atoms with Gasteiger partial charge >= 0.3 is 12.3 Å². The first-order valence-corrected chi connectivity index (χ1v) is 3.82. The fourth-order valence-electron chi connectivity index (χ4n) is 0.837. The van der Waals surface area contributed by atoms with Crippen molar-refractivity contribution in [1.29, 1.82) is 0 Å². The van der Waals surface area contributed by atoms with Crippen LogP contribution in [0.25, 0.3) is 0 Å².